The van der Waals surface area contributed by atoms with Crippen molar-refractivity contribution in [3.63, 3.8) is 0 Å². The summed E-state index contributed by atoms with van der Waals surface area (Å²) in [5, 5.41) is 5.23. The van der Waals surface area contributed by atoms with Crippen LogP contribution in [-0.4, -0.2) is 30.9 Å². The molecule has 0 heterocycles. The van der Waals surface area contributed by atoms with E-state index in [-0.39, 0.29) is 12.5 Å². The van der Waals surface area contributed by atoms with Crippen molar-refractivity contribution >= 4 is 23.5 Å². The van der Waals surface area contributed by atoms with Crippen LogP contribution >= 0.6 is 0 Å². The number of carbonyl (C=O) groups is 3. The molecular weight excluding hydrogens is 368 g/mol. The van der Waals surface area contributed by atoms with Gasteiger partial charge in [0.15, 0.2) is 6.61 Å². The van der Waals surface area contributed by atoms with Gasteiger partial charge in [-0.15, -0.1) is 0 Å². The molecule has 0 bridgehead atoms. The number of anilines is 1. The Morgan fingerprint density at radius 2 is 1.72 bits per heavy atom. The summed E-state index contributed by atoms with van der Waals surface area (Å²) in [6, 6.07) is 11.2. The number of nitrogens with one attached hydrogen (secondary N) is 2. The Morgan fingerprint density at radius 3 is 2.52 bits per heavy atom. The molecule has 0 fully saturated rings. The van der Waals surface area contributed by atoms with E-state index < -0.39 is 18.5 Å². The van der Waals surface area contributed by atoms with E-state index in [1.807, 2.05) is 44.2 Å². The molecule has 0 atom stereocenters. The molecule has 0 aromatic heterocycles. The Hall–Kier alpha value is -3.15. The van der Waals surface area contributed by atoms with Crippen LogP contribution in [0.4, 0.5) is 5.69 Å². The number of rotatable bonds is 6. The summed E-state index contributed by atoms with van der Waals surface area (Å²) in [5.41, 5.74) is 5.67. The number of amides is 2. The molecule has 2 aromatic carbocycles. The molecule has 1 aliphatic rings. The maximum Gasteiger partial charge on any atom is 0.338 e. The summed E-state index contributed by atoms with van der Waals surface area (Å²) in [6.07, 6.45) is 4.30. The van der Waals surface area contributed by atoms with Crippen LogP contribution in [0.5, 0.6) is 0 Å². The first-order chi connectivity index (χ1) is 13.9. The lowest BCUT2D eigenvalue weighted by atomic mass is 9.90. The first kappa shape index (κ1) is 20.6. The number of aryl methyl sites for hydroxylation is 3. The fourth-order valence-electron chi connectivity index (χ4n) is 3.39. The van der Waals surface area contributed by atoms with Gasteiger partial charge in [-0.1, -0.05) is 18.2 Å². The average molecular weight is 394 g/mol. The summed E-state index contributed by atoms with van der Waals surface area (Å²) in [5.74, 6) is -1.39. The van der Waals surface area contributed by atoms with Crippen LogP contribution < -0.4 is 10.6 Å². The number of hydrogen-bond acceptors (Lipinski definition) is 4. The van der Waals surface area contributed by atoms with Crippen molar-refractivity contribution in [2.24, 2.45) is 0 Å². The standard InChI is InChI=1S/C23H26N2O4/c1-15-6-5-9-20(16(15)2)25-21(26)13-24-22(27)14-29-23(28)19-11-10-17-7-3-4-8-18(17)12-19/h5-6,9-12H,3-4,7-8,13-14H2,1-2H3,(H,24,27)(H,25,26). The minimum atomic E-state index is -0.534. The Morgan fingerprint density at radius 1 is 0.966 bits per heavy atom. The van der Waals surface area contributed by atoms with Gasteiger partial charge in [0.05, 0.1) is 12.1 Å². The third-order valence-electron chi connectivity index (χ3n) is 5.24. The molecule has 6 nitrogen and oxygen atoms in total. The Labute approximate surface area is 170 Å². The van der Waals surface area contributed by atoms with Gasteiger partial charge in [-0.3, -0.25) is 9.59 Å². The quantitative estimate of drug-likeness (QED) is 0.738. The van der Waals surface area contributed by atoms with Crippen molar-refractivity contribution in [2.75, 3.05) is 18.5 Å². The van der Waals surface area contributed by atoms with E-state index in [1.165, 1.54) is 17.5 Å². The van der Waals surface area contributed by atoms with Crippen LogP contribution in [0.3, 0.4) is 0 Å². The zero-order valence-corrected chi connectivity index (χ0v) is 16.8. The van der Waals surface area contributed by atoms with Crippen molar-refractivity contribution in [1.29, 1.82) is 0 Å². The number of fused-ring (bicyclic) bond motifs is 1. The van der Waals surface area contributed by atoms with Crippen molar-refractivity contribution in [3.8, 4) is 0 Å². The van der Waals surface area contributed by atoms with E-state index in [0.29, 0.717) is 11.3 Å². The van der Waals surface area contributed by atoms with Gasteiger partial charge in [-0.05, 0) is 80.0 Å². The zero-order chi connectivity index (χ0) is 20.8. The lowest BCUT2D eigenvalue weighted by Crippen LogP contribution is -2.35. The van der Waals surface area contributed by atoms with Crippen LogP contribution in [0.2, 0.25) is 0 Å². The first-order valence-electron chi connectivity index (χ1n) is 9.85. The maximum absolute atomic E-state index is 12.2. The average Bonchev–Trinajstić information content (AvgIpc) is 2.73. The van der Waals surface area contributed by atoms with E-state index in [1.54, 1.807) is 6.07 Å². The van der Waals surface area contributed by atoms with E-state index >= 15 is 0 Å². The fraction of sp³-hybridized carbons (Fsp3) is 0.348. The molecule has 0 spiro atoms. The molecule has 2 aromatic rings. The van der Waals surface area contributed by atoms with E-state index in [2.05, 4.69) is 10.6 Å². The molecule has 1 aliphatic carbocycles. The molecule has 0 radical (unpaired) electrons. The van der Waals surface area contributed by atoms with Gasteiger partial charge < -0.3 is 15.4 Å². The zero-order valence-electron chi connectivity index (χ0n) is 16.8. The van der Waals surface area contributed by atoms with E-state index in [4.69, 9.17) is 4.74 Å². The largest absolute Gasteiger partial charge is 0.452 e. The van der Waals surface area contributed by atoms with Gasteiger partial charge in [0, 0.05) is 5.69 Å². The molecule has 6 heteroatoms. The third kappa shape index (κ3) is 5.44. The number of carbonyl (C=O) groups excluding carboxylic acids is 3. The van der Waals surface area contributed by atoms with Gasteiger partial charge in [-0.2, -0.15) is 0 Å². The smallest absolute Gasteiger partial charge is 0.338 e. The molecule has 2 N–H and O–H groups in total. The second-order valence-corrected chi connectivity index (χ2v) is 7.34. The van der Waals surface area contributed by atoms with Crippen LogP contribution in [0.15, 0.2) is 36.4 Å². The Bertz CT molecular complexity index is 936. The minimum Gasteiger partial charge on any atom is -0.452 e. The van der Waals surface area contributed by atoms with Crippen molar-refractivity contribution in [3.05, 3.63) is 64.2 Å². The third-order valence-corrected chi connectivity index (χ3v) is 5.24. The van der Waals surface area contributed by atoms with Gasteiger partial charge in [-0.25, -0.2) is 4.79 Å². The highest BCUT2D eigenvalue weighted by molar-refractivity contribution is 5.96. The minimum absolute atomic E-state index is 0.192. The predicted molar refractivity (Wildman–Crippen MR) is 111 cm³/mol. The van der Waals surface area contributed by atoms with Gasteiger partial charge >= 0.3 is 5.97 Å². The first-order valence-corrected chi connectivity index (χ1v) is 9.85. The van der Waals surface area contributed by atoms with Crippen LogP contribution in [0.25, 0.3) is 0 Å². The number of hydrogen-bond donors (Lipinski definition) is 2. The molecule has 3 rings (SSSR count). The Balaban J connectivity index is 1.44. The maximum atomic E-state index is 12.2. The summed E-state index contributed by atoms with van der Waals surface area (Å²) >= 11 is 0. The highest BCUT2D eigenvalue weighted by Gasteiger charge is 2.15. The summed E-state index contributed by atoms with van der Waals surface area (Å²) in [4.78, 5) is 36.2. The van der Waals surface area contributed by atoms with Gasteiger partial charge in [0.2, 0.25) is 5.91 Å². The van der Waals surface area contributed by atoms with Crippen LogP contribution in [-0.2, 0) is 27.2 Å². The molecule has 0 aliphatic heterocycles. The molecule has 0 saturated heterocycles. The molecule has 29 heavy (non-hydrogen) atoms. The number of benzene rings is 2. The fourth-order valence-corrected chi connectivity index (χ4v) is 3.39. The van der Waals surface area contributed by atoms with E-state index in [9.17, 15) is 14.4 Å². The topological polar surface area (TPSA) is 84.5 Å². The van der Waals surface area contributed by atoms with Crippen molar-refractivity contribution in [1.82, 2.24) is 5.32 Å². The van der Waals surface area contributed by atoms with Gasteiger partial charge in [0.25, 0.3) is 5.91 Å². The molecule has 0 saturated carbocycles. The molecular formula is C23H26N2O4. The lowest BCUT2D eigenvalue weighted by molar-refractivity contribution is -0.126. The highest BCUT2D eigenvalue weighted by atomic mass is 16.5. The summed E-state index contributed by atoms with van der Waals surface area (Å²) in [6.45, 7) is 3.27. The van der Waals surface area contributed by atoms with Crippen LogP contribution in [0.1, 0.15) is 45.5 Å². The molecule has 152 valence electrons. The molecule has 2 amide bonds. The lowest BCUT2D eigenvalue weighted by Gasteiger charge is -2.16. The summed E-state index contributed by atoms with van der Waals surface area (Å²) in [7, 11) is 0. The molecule has 0 unspecified atom stereocenters. The number of esters is 1. The van der Waals surface area contributed by atoms with Crippen molar-refractivity contribution in [2.45, 2.75) is 39.5 Å². The summed E-state index contributed by atoms with van der Waals surface area (Å²) < 4.78 is 5.08. The number of ether oxygens (including phenoxy) is 1. The second-order valence-electron chi connectivity index (χ2n) is 7.34. The van der Waals surface area contributed by atoms with Crippen molar-refractivity contribution < 1.29 is 19.1 Å². The monoisotopic (exact) mass is 394 g/mol. The second kappa shape index (κ2) is 9.37. The SMILES string of the molecule is Cc1cccc(NC(=O)CNC(=O)COC(=O)c2ccc3c(c2)CCCC3)c1C. The highest BCUT2D eigenvalue weighted by Crippen LogP contribution is 2.22. The van der Waals surface area contributed by atoms with Crippen LogP contribution in [0, 0.1) is 13.8 Å². The normalized spacial score (nSPS) is 12.6. The predicted octanol–water partition coefficient (Wildman–Crippen LogP) is 3.09. The van der Waals surface area contributed by atoms with Gasteiger partial charge in [0.1, 0.15) is 0 Å². The Kier molecular flexibility index (Phi) is 6.65. The van der Waals surface area contributed by atoms with E-state index in [0.717, 1.165) is 30.4 Å².